The summed E-state index contributed by atoms with van der Waals surface area (Å²) in [7, 11) is 0. The summed E-state index contributed by atoms with van der Waals surface area (Å²) in [6.07, 6.45) is 2.27. The molecule has 4 rings (SSSR count). The van der Waals surface area contributed by atoms with E-state index in [9.17, 15) is 14.7 Å². The number of amides is 1. The number of carboxylic acid groups (broad SMARTS) is 1. The van der Waals surface area contributed by atoms with E-state index in [0.29, 0.717) is 41.0 Å². The Morgan fingerprint density at radius 3 is 2.41 bits per heavy atom. The summed E-state index contributed by atoms with van der Waals surface area (Å²) in [5.74, 6) is -1.45. The van der Waals surface area contributed by atoms with E-state index < -0.39 is 17.9 Å². The summed E-state index contributed by atoms with van der Waals surface area (Å²) in [5.41, 5.74) is 2.04. The standard InChI is InChI=1S/C24H21Cl4N3O3/c1-12(2)10-30-11-29-19-6-7-31(21(22(19)30)13-4-3-5-16(25)20(13)28)23(32)14-8-17(26)18(27)9-15(14)24(33)34/h3-5,8-9,11-12,21H,6-7,10H2,1-2H3,(H,33,34). The number of hydrogen-bond acceptors (Lipinski definition) is 3. The minimum absolute atomic E-state index is 0.0524. The number of imidazole rings is 1. The van der Waals surface area contributed by atoms with Crippen molar-refractivity contribution >= 4 is 58.3 Å². The van der Waals surface area contributed by atoms with Gasteiger partial charge in [0.05, 0.1) is 48.9 Å². The zero-order chi connectivity index (χ0) is 24.7. The highest BCUT2D eigenvalue weighted by Crippen LogP contribution is 2.41. The lowest BCUT2D eigenvalue weighted by molar-refractivity contribution is 0.0649. The van der Waals surface area contributed by atoms with E-state index in [0.717, 1.165) is 11.4 Å². The van der Waals surface area contributed by atoms with Crippen LogP contribution in [0.4, 0.5) is 0 Å². The number of carboxylic acids is 1. The molecule has 10 heteroatoms. The third kappa shape index (κ3) is 4.52. The Labute approximate surface area is 217 Å². The molecule has 1 atom stereocenters. The molecule has 1 aromatic heterocycles. The maximum Gasteiger partial charge on any atom is 0.336 e. The van der Waals surface area contributed by atoms with Gasteiger partial charge in [0.1, 0.15) is 6.04 Å². The van der Waals surface area contributed by atoms with E-state index in [2.05, 4.69) is 18.8 Å². The Morgan fingerprint density at radius 2 is 1.76 bits per heavy atom. The first-order valence-corrected chi connectivity index (χ1v) is 12.1. The molecule has 0 radical (unpaired) electrons. The lowest BCUT2D eigenvalue weighted by atomic mass is 9.93. The second-order valence-corrected chi connectivity index (χ2v) is 10.1. The third-order valence-corrected chi connectivity index (χ3v) is 7.29. The average Bonchev–Trinajstić information content (AvgIpc) is 3.18. The molecule has 0 spiro atoms. The van der Waals surface area contributed by atoms with Crippen LogP contribution >= 0.6 is 46.4 Å². The number of aromatic nitrogens is 2. The van der Waals surface area contributed by atoms with Gasteiger partial charge in [0.2, 0.25) is 0 Å². The van der Waals surface area contributed by atoms with Crippen molar-refractivity contribution in [3.05, 3.63) is 84.8 Å². The third-order valence-electron chi connectivity index (χ3n) is 5.74. The van der Waals surface area contributed by atoms with Crippen molar-refractivity contribution in [2.45, 2.75) is 32.9 Å². The fraction of sp³-hybridized carbons (Fsp3) is 0.292. The molecule has 2 heterocycles. The molecule has 1 aliphatic heterocycles. The number of benzene rings is 2. The van der Waals surface area contributed by atoms with Crippen molar-refractivity contribution in [2.24, 2.45) is 5.92 Å². The van der Waals surface area contributed by atoms with Gasteiger partial charge in [0.15, 0.2) is 0 Å². The molecule has 1 N–H and O–H groups in total. The van der Waals surface area contributed by atoms with E-state index in [1.165, 1.54) is 12.1 Å². The highest BCUT2D eigenvalue weighted by Gasteiger charge is 2.38. The lowest BCUT2D eigenvalue weighted by Gasteiger charge is -2.37. The number of nitrogens with zero attached hydrogens (tertiary/aromatic N) is 3. The van der Waals surface area contributed by atoms with Crippen LogP contribution in [-0.4, -0.2) is 38.0 Å². The van der Waals surface area contributed by atoms with Gasteiger partial charge in [0, 0.05) is 25.1 Å². The van der Waals surface area contributed by atoms with Crippen LogP contribution in [0.1, 0.15) is 57.6 Å². The van der Waals surface area contributed by atoms with Crippen LogP contribution in [0.5, 0.6) is 0 Å². The molecule has 3 aromatic rings. The molecule has 6 nitrogen and oxygen atoms in total. The Bertz CT molecular complexity index is 1290. The molecule has 1 aliphatic rings. The summed E-state index contributed by atoms with van der Waals surface area (Å²) < 4.78 is 2.02. The minimum atomic E-state index is -1.28. The van der Waals surface area contributed by atoms with E-state index in [-0.39, 0.29) is 21.2 Å². The van der Waals surface area contributed by atoms with Gasteiger partial charge < -0.3 is 14.6 Å². The van der Waals surface area contributed by atoms with E-state index in [4.69, 9.17) is 46.4 Å². The number of hydrogen-bond donors (Lipinski definition) is 1. The van der Waals surface area contributed by atoms with Gasteiger partial charge in [-0.05, 0) is 24.1 Å². The first-order valence-electron chi connectivity index (χ1n) is 10.6. The number of halogens is 4. The Hall–Kier alpha value is -2.25. The molecule has 0 saturated carbocycles. The summed E-state index contributed by atoms with van der Waals surface area (Å²) in [6, 6.07) is 7.13. The van der Waals surface area contributed by atoms with Gasteiger partial charge in [-0.1, -0.05) is 72.4 Å². The first kappa shape index (κ1) is 24.9. The van der Waals surface area contributed by atoms with Gasteiger partial charge >= 0.3 is 5.97 Å². The number of rotatable bonds is 5. The normalized spacial score (nSPS) is 15.5. The average molecular weight is 541 g/mol. The van der Waals surface area contributed by atoms with Crippen molar-refractivity contribution in [3.8, 4) is 0 Å². The second kappa shape index (κ2) is 9.78. The van der Waals surface area contributed by atoms with Crippen LogP contribution in [-0.2, 0) is 13.0 Å². The van der Waals surface area contributed by atoms with E-state index >= 15 is 0 Å². The molecular weight excluding hydrogens is 520 g/mol. The maximum absolute atomic E-state index is 13.9. The zero-order valence-corrected chi connectivity index (χ0v) is 21.4. The molecule has 34 heavy (non-hydrogen) atoms. The van der Waals surface area contributed by atoms with Gasteiger partial charge in [0.25, 0.3) is 5.91 Å². The van der Waals surface area contributed by atoms with Crippen molar-refractivity contribution in [1.29, 1.82) is 0 Å². The van der Waals surface area contributed by atoms with Crippen LogP contribution in [0.15, 0.2) is 36.7 Å². The SMILES string of the molecule is CC(C)Cn1cnc2c1C(c1cccc(Cl)c1Cl)N(C(=O)c1cc(Cl)c(Cl)cc1C(=O)O)CC2. The molecule has 0 fully saturated rings. The van der Waals surface area contributed by atoms with Crippen LogP contribution in [0, 0.1) is 5.92 Å². The molecule has 0 aliphatic carbocycles. The predicted octanol–water partition coefficient (Wildman–Crippen LogP) is 6.64. The van der Waals surface area contributed by atoms with Crippen LogP contribution < -0.4 is 0 Å². The summed E-state index contributed by atoms with van der Waals surface area (Å²) >= 11 is 25.2. The highest BCUT2D eigenvalue weighted by atomic mass is 35.5. The number of carbonyl (C=O) groups excluding carboxylic acids is 1. The van der Waals surface area contributed by atoms with Crippen LogP contribution in [0.2, 0.25) is 20.1 Å². The molecule has 0 bridgehead atoms. The quantitative estimate of drug-likeness (QED) is 0.393. The predicted molar refractivity (Wildman–Crippen MR) is 134 cm³/mol. The Morgan fingerprint density at radius 1 is 1.09 bits per heavy atom. The molecule has 1 amide bonds. The fourth-order valence-electron chi connectivity index (χ4n) is 4.30. The van der Waals surface area contributed by atoms with Gasteiger partial charge in [-0.15, -0.1) is 0 Å². The minimum Gasteiger partial charge on any atom is -0.478 e. The summed E-state index contributed by atoms with van der Waals surface area (Å²) in [5, 5.41) is 10.6. The number of carbonyl (C=O) groups is 2. The molecule has 1 unspecified atom stereocenters. The molecule has 178 valence electrons. The van der Waals surface area contributed by atoms with Gasteiger partial charge in [-0.3, -0.25) is 4.79 Å². The van der Waals surface area contributed by atoms with E-state index in [1.807, 2.05) is 10.6 Å². The topological polar surface area (TPSA) is 75.4 Å². The lowest BCUT2D eigenvalue weighted by Crippen LogP contribution is -2.42. The first-order chi connectivity index (χ1) is 16.1. The zero-order valence-electron chi connectivity index (χ0n) is 18.4. The van der Waals surface area contributed by atoms with Crippen molar-refractivity contribution < 1.29 is 14.7 Å². The monoisotopic (exact) mass is 539 g/mol. The molecule has 2 aromatic carbocycles. The number of fused-ring (bicyclic) bond motifs is 1. The van der Waals surface area contributed by atoms with Gasteiger partial charge in [-0.2, -0.15) is 0 Å². The van der Waals surface area contributed by atoms with Crippen LogP contribution in [0.3, 0.4) is 0 Å². The summed E-state index contributed by atoms with van der Waals surface area (Å²) in [4.78, 5) is 32.0. The van der Waals surface area contributed by atoms with Crippen LogP contribution in [0.25, 0.3) is 0 Å². The number of aromatic carboxylic acids is 1. The maximum atomic E-state index is 13.9. The smallest absolute Gasteiger partial charge is 0.336 e. The molecule has 0 saturated heterocycles. The summed E-state index contributed by atoms with van der Waals surface area (Å²) in [6.45, 7) is 5.17. The van der Waals surface area contributed by atoms with Crippen molar-refractivity contribution in [3.63, 3.8) is 0 Å². The Balaban J connectivity index is 1.92. The van der Waals surface area contributed by atoms with Crippen molar-refractivity contribution in [1.82, 2.24) is 14.5 Å². The molecular formula is C24H21Cl4N3O3. The van der Waals surface area contributed by atoms with E-state index in [1.54, 1.807) is 23.4 Å². The van der Waals surface area contributed by atoms with Gasteiger partial charge in [-0.25, -0.2) is 9.78 Å². The second-order valence-electron chi connectivity index (χ2n) is 8.53. The fourth-order valence-corrected chi connectivity index (χ4v) is 5.04. The Kier molecular flexibility index (Phi) is 7.15. The highest BCUT2D eigenvalue weighted by molar-refractivity contribution is 6.43. The largest absolute Gasteiger partial charge is 0.478 e. The van der Waals surface area contributed by atoms with Crippen molar-refractivity contribution in [2.75, 3.05) is 6.54 Å².